The maximum absolute atomic E-state index is 13.8. The number of benzene rings is 2. The van der Waals surface area contributed by atoms with Crippen molar-refractivity contribution >= 4 is 46.0 Å². The molecule has 1 amide bonds. The third kappa shape index (κ3) is 3.49. The van der Waals surface area contributed by atoms with Crippen LogP contribution in [-0.2, 0) is 4.79 Å². The second kappa shape index (κ2) is 7.15. The molecule has 1 heterocycles. The van der Waals surface area contributed by atoms with Crippen molar-refractivity contribution in [2.75, 3.05) is 12.0 Å². The summed E-state index contributed by atoms with van der Waals surface area (Å²) in [4.78, 5) is 14.4. The predicted octanol–water partition coefficient (Wildman–Crippen LogP) is 4.40. The third-order valence-electron chi connectivity index (χ3n) is 3.64. The zero-order chi connectivity index (χ0) is 17.1. The molecule has 0 saturated carbocycles. The molecular formula is C18H15FN2OS2. The Labute approximate surface area is 149 Å². The number of thiocarbonyl (C=S) groups is 1. The molecule has 0 aromatic heterocycles. The number of nitrogens with zero attached hydrogens (tertiary/aromatic N) is 1. The van der Waals surface area contributed by atoms with Gasteiger partial charge >= 0.3 is 0 Å². The van der Waals surface area contributed by atoms with Crippen LogP contribution in [0.5, 0.6) is 0 Å². The molecule has 1 N–H and O–H groups in total. The van der Waals surface area contributed by atoms with Gasteiger partial charge in [0, 0.05) is 11.3 Å². The van der Waals surface area contributed by atoms with Crippen LogP contribution in [-0.4, -0.2) is 21.8 Å². The van der Waals surface area contributed by atoms with Gasteiger partial charge in [0.2, 0.25) is 0 Å². The summed E-state index contributed by atoms with van der Waals surface area (Å²) in [6.45, 7) is 2.27. The lowest BCUT2D eigenvalue weighted by Gasteiger charge is -2.17. The summed E-state index contributed by atoms with van der Waals surface area (Å²) < 4.78 is 14.2. The number of thioether (sulfide) groups is 1. The average molecular weight is 358 g/mol. The largest absolute Gasteiger partial charge is 0.367 e. The molecule has 1 aliphatic rings. The molecular weight excluding hydrogens is 343 g/mol. The van der Waals surface area contributed by atoms with Crippen LogP contribution in [0.4, 0.5) is 10.1 Å². The first-order valence-electron chi connectivity index (χ1n) is 7.35. The molecule has 6 heteroatoms. The average Bonchev–Trinajstić information content (AvgIpc) is 2.83. The van der Waals surface area contributed by atoms with Crippen molar-refractivity contribution < 1.29 is 9.18 Å². The van der Waals surface area contributed by atoms with E-state index in [1.165, 1.54) is 22.7 Å². The zero-order valence-electron chi connectivity index (χ0n) is 13.0. The SMILES string of the molecule is Cc1ccccc1NCN1C(=O)/C(=C\c2ccccc2F)SC1=S. The molecule has 0 unspecified atom stereocenters. The minimum atomic E-state index is -0.360. The van der Waals surface area contributed by atoms with Gasteiger partial charge in [-0.3, -0.25) is 9.69 Å². The molecule has 2 aromatic rings. The van der Waals surface area contributed by atoms with E-state index in [-0.39, 0.29) is 18.4 Å². The second-order valence-corrected chi connectivity index (χ2v) is 6.96. The van der Waals surface area contributed by atoms with E-state index in [0.717, 1.165) is 11.3 Å². The van der Waals surface area contributed by atoms with E-state index in [2.05, 4.69) is 5.32 Å². The van der Waals surface area contributed by atoms with Crippen molar-refractivity contribution in [3.8, 4) is 0 Å². The fraction of sp³-hybridized carbons (Fsp3) is 0.111. The van der Waals surface area contributed by atoms with Gasteiger partial charge in [-0.15, -0.1) is 0 Å². The number of anilines is 1. The van der Waals surface area contributed by atoms with Gasteiger partial charge < -0.3 is 5.32 Å². The van der Waals surface area contributed by atoms with Crippen molar-refractivity contribution in [2.24, 2.45) is 0 Å². The minimum Gasteiger partial charge on any atom is -0.367 e. The van der Waals surface area contributed by atoms with Gasteiger partial charge in [-0.1, -0.05) is 60.4 Å². The Bertz CT molecular complexity index is 835. The van der Waals surface area contributed by atoms with E-state index in [1.807, 2.05) is 31.2 Å². The van der Waals surface area contributed by atoms with Crippen LogP contribution in [0.1, 0.15) is 11.1 Å². The topological polar surface area (TPSA) is 32.3 Å². The predicted molar refractivity (Wildman–Crippen MR) is 101 cm³/mol. The number of hydrogen-bond acceptors (Lipinski definition) is 4. The molecule has 0 bridgehead atoms. The van der Waals surface area contributed by atoms with Gasteiger partial charge in [0.1, 0.15) is 10.1 Å². The number of rotatable bonds is 4. The van der Waals surface area contributed by atoms with Crippen LogP contribution in [0.2, 0.25) is 0 Å². The molecule has 0 radical (unpaired) electrons. The molecule has 3 nitrogen and oxygen atoms in total. The molecule has 1 saturated heterocycles. The molecule has 1 fully saturated rings. The normalized spacial score (nSPS) is 16.1. The maximum atomic E-state index is 13.8. The summed E-state index contributed by atoms with van der Waals surface area (Å²) in [5, 5.41) is 3.21. The molecule has 122 valence electrons. The van der Waals surface area contributed by atoms with Gasteiger partial charge in [0.25, 0.3) is 5.91 Å². The lowest BCUT2D eigenvalue weighted by molar-refractivity contribution is -0.121. The minimum absolute atomic E-state index is 0.214. The number of amides is 1. The van der Waals surface area contributed by atoms with E-state index in [4.69, 9.17) is 12.2 Å². The van der Waals surface area contributed by atoms with Gasteiger partial charge in [0.05, 0.1) is 11.6 Å². The number of hydrogen-bond donors (Lipinski definition) is 1. The number of carbonyl (C=O) groups is 1. The van der Waals surface area contributed by atoms with E-state index >= 15 is 0 Å². The highest BCUT2D eigenvalue weighted by atomic mass is 32.2. The van der Waals surface area contributed by atoms with Crippen molar-refractivity contribution in [1.29, 1.82) is 0 Å². The van der Waals surface area contributed by atoms with Crippen LogP contribution >= 0.6 is 24.0 Å². The summed E-state index contributed by atoms with van der Waals surface area (Å²) in [5.41, 5.74) is 2.42. The Morgan fingerprint density at radius 3 is 2.67 bits per heavy atom. The van der Waals surface area contributed by atoms with Crippen LogP contribution < -0.4 is 5.32 Å². The number of nitrogens with one attached hydrogen (secondary N) is 1. The van der Waals surface area contributed by atoms with E-state index < -0.39 is 0 Å². The van der Waals surface area contributed by atoms with Crippen molar-refractivity contribution in [1.82, 2.24) is 4.90 Å². The number of halogens is 1. The Kier molecular flexibility index (Phi) is 4.97. The second-order valence-electron chi connectivity index (χ2n) is 5.28. The monoisotopic (exact) mass is 358 g/mol. The Morgan fingerprint density at radius 1 is 1.21 bits per heavy atom. The van der Waals surface area contributed by atoms with Crippen molar-refractivity contribution in [3.05, 3.63) is 70.4 Å². The van der Waals surface area contributed by atoms with Crippen molar-refractivity contribution in [3.63, 3.8) is 0 Å². The third-order valence-corrected chi connectivity index (χ3v) is 5.02. The first kappa shape index (κ1) is 16.7. The number of aryl methyl sites for hydroxylation is 1. The van der Waals surface area contributed by atoms with Crippen molar-refractivity contribution in [2.45, 2.75) is 6.92 Å². The van der Waals surface area contributed by atoms with E-state index in [1.54, 1.807) is 24.3 Å². The van der Waals surface area contributed by atoms with E-state index in [9.17, 15) is 9.18 Å². The molecule has 3 rings (SSSR count). The summed E-state index contributed by atoms with van der Waals surface area (Å²) in [6, 6.07) is 14.2. The van der Waals surface area contributed by atoms with Crippen LogP contribution in [0.15, 0.2) is 53.4 Å². The lowest BCUT2D eigenvalue weighted by Crippen LogP contribution is -2.33. The number of carbonyl (C=O) groups excluding carboxylic acids is 1. The fourth-order valence-corrected chi connectivity index (χ4v) is 3.55. The van der Waals surface area contributed by atoms with E-state index in [0.29, 0.717) is 14.8 Å². The van der Waals surface area contributed by atoms with Gasteiger partial charge in [-0.2, -0.15) is 0 Å². The Hall–Kier alpha value is -2.18. The molecule has 1 aliphatic heterocycles. The smallest absolute Gasteiger partial charge is 0.267 e. The van der Waals surface area contributed by atoms with Gasteiger partial charge in [-0.05, 0) is 30.7 Å². The molecule has 0 spiro atoms. The van der Waals surface area contributed by atoms with Crippen LogP contribution in [0, 0.1) is 12.7 Å². The highest BCUT2D eigenvalue weighted by molar-refractivity contribution is 8.26. The standard InChI is InChI=1S/C18H15FN2OS2/c1-12-6-2-5-9-15(12)20-11-21-17(22)16(24-18(21)23)10-13-7-3-4-8-14(13)19/h2-10,20H,11H2,1H3/b16-10+. The Balaban J connectivity index is 1.75. The highest BCUT2D eigenvalue weighted by Crippen LogP contribution is 2.32. The molecule has 24 heavy (non-hydrogen) atoms. The van der Waals surface area contributed by atoms with Crippen LogP contribution in [0.25, 0.3) is 6.08 Å². The molecule has 2 aromatic carbocycles. The summed E-state index contributed by atoms with van der Waals surface area (Å²) in [6.07, 6.45) is 1.54. The first-order chi connectivity index (χ1) is 11.6. The van der Waals surface area contributed by atoms with Crippen LogP contribution in [0.3, 0.4) is 0 Å². The zero-order valence-corrected chi connectivity index (χ0v) is 14.6. The summed E-state index contributed by atoms with van der Waals surface area (Å²) in [7, 11) is 0. The first-order valence-corrected chi connectivity index (χ1v) is 8.58. The number of para-hydroxylation sites is 1. The summed E-state index contributed by atoms with van der Waals surface area (Å²) in [5.74, 6) is -0.574. The molecule has 0 atom stereocenters. The molecule has 0 aliphatic carbocycles. The quantitative estimate of drug-likeness (QED) is 0.648. The Morgan fingerprint density at radius 2 is 1.92 bits per heavy atom. The fourth-order valence-electron chi connectivity index (χ4n) is 2.31. The summed E-state index contributed by atoms with van der Waals surface area (Å²) >= 11 is 6.47. The highest BCUT2D eigenvalue weighted by Gasteiger charge is 2.32. The van der Waals surface area contributed by atoms with Gasteiger partial charge in [-0.25, -0.2) is 4.39 Å². The maximum Gasteiger partial charge on any atom is 0.267 e. The lowest BCUT2D eigenvalue weighted by atomic mass is 10.2. The van der Waals surface area contributed by atoms with Gasteiger partial charge in [0.15, 0.2) is 0 Å².